The predicted octanol–water partition coefficient (Wildman–Crippen LogP) is 1.74. The van der Waals surface area contributed by atoms with E-state index in [2.05, 4.69) is 5.32 Å². The lowest BCUT2D eigenvalue weighted by Gasteiger charge is -2.12. The van der Waals surface area contributed by atoms with Crippen molar-refractivity contribution in [3.8, 4) is 11.5 Å². The van der Waals surface area contributed by atoms with Gasteiger partial charge in [0.2, 0.25) is 0 Å². The molecule has 0 saturated heterocycles. The van der Waals surface area contributed by atoms with Gasteiger partial charge in [-0.25, -0.2) is 0 Å². The molecule has 1 aliphatic rings. The Hall–Kier alpha value is -1.75. The molecule has 1 heterocycles. The highest BCUT2D eigenvalue weighted by Crippen LogP contribution is 2.30. The van der Waals surface area contributed by atoms with Crippen LogP contribution in [0.4, 0.5) is 0 Å². The second-order valence-corrected chi connectivity index (χ2v) is 4.86. The lowest BCUT2D eigenvalue weighted by Crippen LogP contribution is -2.32. The highest BCUT2D eigenvalue weighted by molar-refractivity contribution is 5.94. The minimum Gasteiger partial charge on any atom is -0.490 e. The maximum atomic E-state index is 12.0. The molecule has 1 atom stereocenters. The predicted molar refractivity (Wildman–Crippen MR) is 75.3 cm³/mol. The first-order chi connectivity index (χ1) is 9.70. The van der Waals surface area contributed by atoms with Crippen molar-refractivity contribution in [1.82, 2.24) is 5.32 Å². The number of amides is 1. The highest BCUT2D eigenvalue weighted by atomic mass is 16.5. The van der Waals surface area contributed by atoms with Gasteiger partial charge in [-0.3, -0.25) is 4.79 Å². The van der Waals surface area contributed by atoms with Crippen LogP contribution in [0, 0.1) is 0 Å². The Kier molecular flexibility index (Phi) is 5.24. The molecule has 1 aromatic carbocycles. The van der Waals surface area contributed by atoms with E-state index in [-0.39, 0.29) is 12.5 Å². The minimum atomic E-state index is -0.496. The van der Waals surface area contributed by atoms with Crippen LogP contribution in [0.5, 0.6) is 11.5 Å². The van der Waals surface area contributed by atoms with Gasteiger partial charge in [-0.1, -0.05) is 13.3 Å². The van der Waals surface area contributed by atoms with E-state index in [0.717, 1.165) is 12.8 Å². The van der Waals surface area contributed by atoms with Crippen LogP contribution in [0.1, 0.15) is 36.5 Å². The number of aliphatic hydroxyl groups is 1. The standard InChI is InChI=1S/C15H21NO4/c1-2-4-12(17)10-16-15(18)11-5-6-13-14(9-11)20-8-3-7-19-13/h5-6,9,12,17H,2-4,7-8,10H2,1H3,(H,16,18). The summed E-state index contributed by atoms with van der Waals surface area (Å²) in [5.41, 5.74) is 0.512. The Morgan fingerprint density at radius 3 is 2.85 bits per heavy atom. The maximum Gasteiger partial charge on any atom is 0.251 e. The van der Waals surface area contributed by atoms with Crippen molar-refractivity contribution >= 4 is 5.91 Å². The summed E-state index contributed by atoms with van der Waals surface area (Å²) in [5.74, 6) is 1.06. The second-order valence-electron chi connectivity index (χ2n) is 4.86. The first-order valence-electron chi connectivity index (χ1n) is 7.06. The molecule has 0 saturated carbocycles. The number of nitrogens with one attached hydrogen (secondary N) is 1. The molecule has 0 fully saturated rings. The van der Waals surface area contributed by atoms with E-state index in [1.54, 1.807) is 18.2 Å². The molecule has 20 heavy (non-hydrogen) atoms. The quantitative estimate of drug-likeness (QED) is 0.861. The summed E-state index contributed by atoms with van der Waals surface area (Å²) in [5, 5.41) is 12.3. The maximum absolute atomic E-state index is 12.0. The summed E-state index contributed by atoms with van der Waals surface area (Å²) < 4.78 is 11.1. The van der Waals surface area contributed by atoms with Crippen LogP contribution >= 0.6 is 0 Å². The number of hydrogen-bond donors (Lipinski definition) is 2. The van der Waals surface area contributed by atoms with Crippen LogP contribution in [0.25, 0.3) is 0 Å². The number of benzene rings is 1. The molecule has 2 rings (SSSR count). The van der Waals surface area contributed by atoms with Gasteiger partial charge in [-0.2, -0.15) is 0 Å². The van der Waals surface area contributed by atoms with E-state index in [1.807, 2.05) is 6.92 Å². The van der Waals surface area contributed by atoms with E-state index in [9.17, 15) is 9.90 Å². The minimum absolute atomic E-state index is 0.212. The SMILES string of the molecule is CCCC(O)CNC(=O)c1ccc2c(c1)OCCCO2. The summed E-state index contributed by atoms with van der Waals surface area (Å²) >= 11 is 0. The Morgan fingerprint density at radius 1 is 1.35 bits per heavy atom. The van der Waals surface area contributed by atoms with Gasteiger partial charge in [0.25, 0.3) is 5.91 Å². The van der Waals surface area contributed by atoms with Gasteiger partial charge in [-0.15, -0.1) is 0 Å². The van der Waals surface area contributed by atoms with Crippen molar-refractivity contribution in [1.29, 1.82) is 0 Å². The third-order valence-corrected chi connectivity index (χ3v) is 3.13. The number of aliphatic hydroxyl groups excluding tert-OH is 1. The molecule has 5 nitrogen and oxygen atoms in total. The van der Waals surface area contributed by atoms with Crippen LogP contribution in [0.2, 0.25) is 0 Å². The van der Waals surface area contributed by atoms with Crippen LogP contribution < -0.4 is 14.8 Å². The summed E-state index contributed by atoms with van der Waals surface area (Å²) in [7, 11) is 0. The van der Waals surface area contributed by atoms with Gasteiger partial charge >= 0.3 is 0 Å². The number of carbonyl (C=O) groups is 1. The Balaban J connectivity index is 1.98. The van der Waals surface area contributed by atoms with E-state index in [1.165, 1.54) is 0 Å². The molecule has 110 valence electrons. The Bertz CT molecular complexity index is 461. The molecule has 2 N–H and O–H groups in total. The molecule has 0 aromatic heterocycles. The monoisotopic (exact) mass is 279 g/mol. The number of rotatable bonds is 5. The molecule has 0 aliphatic carbocycles. The second kappa shape index (κ2) is 7.14. The number of ether oxygens (including phenoxy) is 2. The van der Waals surface area contributed by atoms with Crippen molar-refractivity contribution < 1.29 is 19.4 Å². The number of carbonyl (C=O) groups excluding carboxylic acids is 1. The summed E-state index contributed by atoms with van der Waals surface area (Å²) in [6, 6.07) is 5.13. The normalized spacial score (nSPS) is 15.3. The third-order valence-electron chi connectivity index (χ3n) is 3.13. The van der Waals surface area contributed by atoms with Crippen molar-refractivity contribution in [3.05, 3.63) is 23.8 Å². The van der Waals surface area contributed by atoms with Crippen LogP contribution in [-0.2, 0) is 0 Å². The molecule has 5 heteroatoms. The smallest absolute Gasteiger partial charge is 0.251 e. The first kappa shape index (κ1) is 14.7. The van der Waals surface area contributed by atoms with E-state index >= 15 is 0 Å². The molecule has 1 aromatic rings. The lowest BCUT2D eigenvalue weighted by atomic mass is 10.1. The lowest BCUT2D eigenvalue weighted by molar-refractivity contribution is 0.0909. The number of fused-ring (bicyclic) bond motifs is 1. The third kappa shape index (κ3) is 3.87. The van der Waals surface area contributed by atoms with E-state index < -0.39 is 6.10 Å². The van der Waals surface area contributed by atoms with Crippen molar-refractivity contribution in [2.45, 2.75) is 32.3 Å². The van der Waals surface area contributed by atoms with Gasteiger partial charge in [0.15, 0.2) is 11.5 Å². The van der Waals surface area contributed by atoms with Gasteiger partial charge in [0.1, 0.15) is 0 Å². The highest BCUT2D eigenvalue weighted by Gasteiger charge is 2.14. The van der Waals surface area contributed by atoms with E-state index in [0.29, 0.717) is 36.7 Å². The van der Waals surface area contributed by atoms with Crippen molar-refractivity contribution in [3.63, 3.8) is 0 Å². The Labute approximate surface area is 118 Å². The summed E-state index contributed by atoms with van der Waals surface area (Å²) in [4.78, 5) is 12.0. The zero-order valence-corrected chi connectivity index (χ0v) is 11.7. The summed E-state index contributed by atoms with van der Waals surface area (Å²) in [6.45, 7) is 3.48. The fourth-order valence-corrected chi connectivity index (χ4v) is 2.05. The molecule has 1 amide bonds. The molecule has 1 aliphatic heterocycles. The van der Waals surface area contributed by atoms with Crippen LogP contribution in [0.15, 0.2) is 18.2 Å². The molecular formula is C15H21NO4. The zero-order valence-electron chi connectivity index (χ0n) is 11.7. The van der Waals surface area contributed by atoms with Gasteiger partial charge in [0, 0.05) is 18.5 Å². The average Bonchev–Trinajstić information content (AvgIpc) is 2.69. The zero-order chi connectivity index (χ0) is 14.4. The van der Waals surface area contributed by atoms with Crippen molar-refractivity contribution in [2.75, 3.05) is 19.8 Å². The average molecular weight is 279 g/mol. The largest absolute Gasteiger partial charge is 0.490 e. The Morgan fingerprint density at radius 2 is 2.10 bits per heavy atom. The molecule has 1 unspecified atom stereocenters. The molecular weight excluding hydrogens is 258 g/mol. The van der Waals surface area contributed by atoms with E-state index in [4.69, 9.17) is 9.47 Å². The summed E-state index contributed by atoms with van der Waals surface area (Å²) in [6.07, 6.45) is 1.91. The first-order valence-corrected chi connectivity index (χ1v) is 7.06. The van der Waals surface area contributed by atoms with Gasteiger partial charge in [-0.05, 0) is 24.6 Å². The fourth-order valence-electron chi connectivity index (χ4n) is 2.05. The molecule has 0 bridgehead atoms. The van der Waals surface area contributed by atoms with Crippen LogP contribution in [0.3, 0.4) is 0 Å². The fraction of sp³-hybridized carbons (Fsp3) is 0.533. The van der Waals surface area contributed by atoms with Gasteiger partial charge in [0.05, 0.1) is 19.3 Å². The van der Waals surface area contributed by atoms with Crippen molar-refractivity contribution in [2.24, 2.45) is 0 Å². The molecule has 0 spiro atoms. The van der Waals surface area contributed by atoms with Crippen LogP contribution in [-0.4, -0.2) is 36.9 Å². The topological polar surface area (TPSA) is 67.8 Å². The van der Waals surface area contributed by atoms with Gasteiger partial charge < -0.3 is 19.9 Å². The number of hydrogen-bond acceptors (Lipinski definition) is 4. The molecule has 0 radical (unpaired) electrons.